The first kappa shape index (κ1) is 17.0. The Morgan fingerprint density at radius 2 is 1.66 bits per heavy atom. The fourth-order valence-electron chi connectivity index (χ4n) is 3.83. The molecular formula is C24H17N5. The van der Waals surface area contributed by atoms with Crippen LogP contribution in [0.1, 0.15) is 11.3 Å². The molecule has 0 aliphatic heterocycles. The van der Waals surface area contributed by atoms with Crippen LogP contribution in [0, 0.1) is 18.3 Å². The summed E-state index contributed by atoms with van der Waals surface area (Å²) in [7, 11) is 0. The van der Waals surface area contributed by atoms with Gasteiger partial charge in [-0.15, -0.1) is 0 Å². The number of para-hydroxylation sites is 1. The predicted octanol–water partition coefficient (Wildman–Crippen LogP) is 5.00. The maximum Gasteiger partial charge on any atom is 0.166 e. The average molecular weight is 375 g/mol. The van der Waals surface area contributed by atoms with Gasteiger partial charge in [0.05, 0.1) is 16.8 Å². The van der Waals surface area contributed by atoms with Crippen LogP contribution in [0.25, 0.3) is 38.6 Å². The van der Waals surface area contributed by atoms with Crippen LogP contribution in [0.3, 0.4) is 0 Å². The van der Waals surface area contributed by atoms with Crippen LogP contribution in [0.15, 0.2) is 72.8 Å². The Kier molecular flexibility index (Phi) is 3.78. The van der Waals surface area contributed by atoms with E-state index < -0.39 is 0 Å². The van der Waals surface area contributed by atoms with E-state index >= 15 is 0 Å². The molecule has 2 N–H and O–H groups in total. The number of nitrogens with two attached hydrogens (primary N) is 1. The Bertz CT molecular complexity index is 1430. The first-order valence-corrected chi connectivity index (χ1v) is 9.31. The van der Waals surface area contributed by atoms with Gasteiger partial charge in [0.2, 0.25) is 0 Å². The van der Waals surface area contributed by atoms with Crippen molar-refractivity contribution in [3.05, 3.63) is 84.1 Å². The zero-order valence-electron chi connectivity index (χ0n) is 15.8. The fraction of sp³-hybridized carbons (Fsp3) is 0.0417. The van der Waals surface area contributed by atoms with E-state index in [1.54, 1.807) is 4.68 Å². The SMILES string of the molecule is Cc1nn(-c2ccccc2)c2nc(N)c(C#N)c(-c3ccc4ccccc4c3)c12. The van der Waals surface area contributed by atoms with E-state index in [1.165, 1.54) is 0 Å². The molecule has 138 valence electrons. The summed E-state index contributed by atoms with van der Waals surface area (Å²) in [6, 6.07) is 26.4. The Labute approximate surface area is 167 Å². The van der Waals surface area contributed by atoms with Crippen LogP contribution in [0.4, 0.5) is 5.82 Å². The van der Waals surface area contributed by atoms with Crippen molar-refractivity contribution in [2.24, 2.45) is 0 Å². The molecule has 0 unspecified atom stereocenters. The molecule has 5 aromatic rings. The van der Waals surface area contributed by atoms with Gasteiger partial charge in [-0.25, -0.2) is 9.67 Å². The Morgan fingerprint density at radius 3 is 2.41 bits per heavy atom. The molecule has 0 amide bonds. The van der Waals surface area contributed by atoms with Crippen LogP contribution in [0.5, 0.6) is 0 Å². The number of pyridine rings is 1. The van der Waals surface area contributed by atoms with Crippen molar-refractivity contribution in [3.63, 3.8) is 0 Å². The van der Waals surface area contributed by atoms with Crippen molar-refractivity contribution >= 4 is 27.6 Å². The second-order valence-electron chi connectivity index (χ2n) is 6.95. The number of hydrogen-bond acceptors (Lipinski definition) is 4. The van der Waals surface area contributed by atoms with Gasteiger partial charge in [-0.3, -0.25) is 0 Å². The first-order valence-electron chi connectivity index (χ1n) is 9.31. The lowest BCUT2D eigenvalue weighted by atomic mass is 9.95. The van der Waals surface area contributed by atoms with Crippen molar-refractivity contribution in [1.29, 1.82) is 5.26 Å². The van der Waals surface area contributed by atoms with E-state index in [1.807, 2.05) is 55.5 Å². The fourth-order valence-corrected chi connectivity index (χ4v) is 3.83. The summed E-state index contributed by atoms with van der Waals surface area (Å²) < 4.78 is 1.78. The van der Waals surface area contributed by atoms with Gasteiger partial charge in [0, 0.05) is 5.56 Å². The highest BCUT2D eigenvalue weighted by atomic mass is 15.3. The van der Waals surface area contributed by atoms with Gasteiger partial charge in [-0.05, 0) is 41.5 Å². The molecule has 5 nitrogen and oxygen atoms in total. The van der Waals surface area contributed by atoms with Gasteiger partial charge in [-0.2, -0.15) is 10.4 Å². The number of aromatic nitrogens is 3. The summed E-state index contributed by atoms with van der Waals surface area (Å²) in [4.78, 5) is 4.55. The number of benzene rings is 3. The highest BCUT2D eigenvalue weighted by Crippen LogP contribution is 2.37. The summed E-state index contributed by atoms with van der Waals surface area (Å²) in [5, 5.41) is 17.7. The van der Waals surface area contributed by atoms with Crippen molar-refractivity contribution in [3.8, 4) is 22.9 Å². The minimum Gasteiger partial charge on any atom is -0.383 e. The standard InChI is InChI=1S/C24H17N5/c1-15-21-22(18-12-11-16-7-5-6-8-17(16)13-18)20(14-25)23(26)27-24(21)29(28-15)19-9-3-2-4-10-19/h2-13H,1H3,(H2,26,27). The molecule has 0 saturated carbocycles. The van der Waals surface area contributed by atoms with E-state index in [0.717, 1.165) is 38.7 Å². The lowest BCUT2D eigenvalue weighted by Crippen LogP contribution is -2.02. The molecular weight excluding hydrogens is 358 g/mol. The van der Waals surface area contributed by atoms with E-state index in [0.29, 0.717) is 11.2 Å². The summed E-state index contributed by atoms with van der Waals surface area (Å²) in [6.07, 6.45) is 0. The van der Waals surface area contributed by atoms with Gasteiger partial charge in [0.1, 0.15) is 17.5 Å². The minimum absolute atomic E-state index is 0.209. The number of nitriles is 1. The number of fused-ring (bicyclic) bond motifs is 2. The zero-order valence-corrected chi connectivity index (χ0v) is 15.8. The average Bonchev–Trinajstić information content (AvgIpc) is 3.09. The summed E-state index contributed by atoms with van der Waals surface area (Å²) in [5.41, 5.74) is 10.7. The summed E-state index contributed by atoms with van der Waals surface area (Å²) >= 11 is 0. The third kappa shape index (κ3) is 2.62. The molecule has 5 heteroatoms. The van der Waals surface area contributed by atoms with Crippen LogP contribution in [-0.4, -0.2) is 14.8 Å². The van der Waals surface area contributed by atoms with E-state index in [2.05, 4.69) is 35.3 Å². The maximum atomic E-state index is 9.85. The second kappa shape index (κ2) is 6.47. The van der Waals surface area contributed by atoms with Crippen molar-refractivity contribution in [1.82, 2.24) is 14.8 Å². The molecule has 0 aliphatic rings. The Hall–Kier alpha value is -4.17. The van der Waals surface area contributed by atoms with Crippen LogP contribution >= 0.6 is 0 Å². The van der Waals surface area contributed by atoms with E-state index in [-0.39, 0.29) is 5.82 Å². The van der Waals surface area contributed by atoms with Crippen molar-refractivity contribution in [2.45, 2.75) is 6.92 Å². The molecule has 0 spiro atoms. The monoisotopic (exact) mass is 375 g/mol. The normalized spacial score (nSPS) is 11.0. The van der Waals surface area contributed by atoms with Gasteiger partial charge < -0.3 is 5.73 Å². The van der Waals surface area contributed by atoms with Gasteiger partial charge in [0.25, 0.3) is 0 Å². The quantitative estimate of drug-likeness (QED) is 0.471. The van der Waals surface area contributed by atoms with Gasteiger partial charge in [0.15, 0.2) is 5.65 Å². The molecule has 0 atom stereocenters. The third-order valence-corrected chi connectivity index (χ3v) is 5.17. The molecule has 5 rings (SSSR count). The molecule has 0 fully saturated rings. The number of hydrogen-bond donors (Lipinski definition) is 1. The van der Waals surface area contributed by atoms with Crippen molar-refractivity contribution in [2.75, 3.05) is 5.73 Å². The molecule has 3 aromatic carbocycles. The third-order valence-electron chi connectivity index (χ3n) is 5.17. The Balaban J connectivity index is 1.89. The van der Waals surface area contributed by atoms with Crippen LogP contribution in [-0.2, 0) is 0 Å². The lowest BCUT2D eigenvalue weighted by Gasteiger charge is -2.11. The van der Waals surface area contributed by atoms with E-state index in [9.17, 15) is 5.26 Å². The molecule has 2 heterocycles. The molecule has 0 bridgehead atoms. The summed E-state index contributed by atoms with van der Waals surface area (Å²) in [6.45, 7) is 1.94. The van der Waals surface area contributed by atoms with Gasteiger partial charge >= 0.3 is 0 Å². The number of aryl methyl sites for hydroxylation is 1. The molecule has 0 aliphatic carbocycles. The number of nitrogen functional groups attached to an aromatic ring is 1. The second-order valence-corrected chi connectivity index (χ2v) is 6.95. The maximum absolute atomic E-state index is 9.85. The topological polar surface area (TPSA) is 80.5 Å². The smallest absolute Gasteiger partial charge is 0.166 e. The zero-order chi connectivity index (χ0) is 20.0. The minimum atomic E-state index is 0.209. The first-order chi connectivity index (χ1) is 14.2. The molecule has 0 saturated heterocycles. The highest BCUT2D eigenvalue weighted by molar-refractivity contribution is 6.02. The molecule has 29 heavy (non-hydrogen) atoms. The number of anilines is 1. The predicted molar refractivity (Wildman–Crippen MR) is 116 cm³/mol. The van der Waals surface area contributed by atoms with E-state index in [4.69, 9.17) is 10.8 Å². The highest BCUT2D eigenvalue weighted by Gasteiger charge is 2.21. The lowest BCUT2D eigenvalue weighted by molar-refractivity contribution is 0.878. The number of nitrogens with zero attached hydrogens (tertiary/aromatic N) is 4. The molecule has 2 aromatic heterocycles. The van der Waals surface area contributed by atoms with Crippen LogP contribution < -0.4 is 5.73 Å². The Morgan fingerprint density at radius 1 is 0.931 bits per heavy atom. The summed E-state index contributed by atoms with van der Waals surface area (Å²) in [5.74, 6) is 0.209. The van der Waals surface area contributed by atoms with Crippen LogP contribution in [0.2, 0.25) is 0 Å². The molecule has 0 radical (unpaired) electrons. The number of rotatable bonds is 2. The largest absolute Gasteiger partial charge is 0.383 e. The van der Waals surface area contributed by atoms with Gasteiger partial charge in [-0.1, -0.05) is 54.6 Å². The van der Waals surface area contributed by atoms with Crippen molar-refractivity contribution < 1.29 is 0 Å².